The van der Waals surface area contributed by atoms with Gasteiger partial charge >= 0.3 is 0 Å². The van der Waals surface area contributed by atoms with Gasteiger partial charge in [0.2, 0.25) is 0 Å². The molecule has 104 valence electrons. The van der Waals surface area contributed by atoms with Crippen LogP contribution < -0.4 is 15.8 Å². The van der Waals surface area contributed by atoms with Crippen molar-refractivity contribution in [1.82, 2.24) is 5.32 Å². The second-order valence-electron chi connectivity index (χ2n) is 4.49. The molecule has 0 spiro atoms. The predicted octanol–water partition coefficient (Wildman–Crippen LogP) is 1.61. The van der Waals surface area contributed by atoms with Crippen LogP contribution in [-0.4, -0.2) is 24.0 Å². The van der Waals surface area contributed by atoms with Crippen LogP contribution in [0.15, 0.2) is 18.2 Å². The standard InChI is InChI=1S/C13H17FN2O2S/c1-8(2)6-16-12(17)7-18-9-3-4-10(13(15)19)11(14)5-9/h3-5,8H,6-7H2,1-2H3,(H2,15,19)(H,16,17). The van der Waals surface area contributed by atoms with E-state index in [4.69, 9.17) is 22.7 Å². The van der Waals surface area contributed by atoms with Crippen LogP contribution in [0.2, 0.25) is 0 Å². The lowest BCUT2D eigenvalue weighted by Crippen LogP contribution is -2.31. The first-order valence-electron chi connectivity index (χ1n) is 5.89. The summed E-state index contributed by atoms with van der Waals surface area (Å²) < 4.78 is 18.7. The SMILES string of the molecule is CC(C)CNC(=O)COc1ccc(C(N)=S)c(F)c1. The monoisotopic (exact) mass is 284 g/mol. The first-order chi connectivity index (χ1) is 8.90. The van der Waals surface area contributed by atoms with E-state index in [1.165, 1.54) is 12.1 Å². The molecular formula is C13H17FN2O2S. The zero-order valence-electron chi connectivity index (χ0n) is 10.9. The second kappa shape index (κ2) is 7.04. The van der Waals surface area contributed by atoms with Crippen molar-refractivity contribution >= 4 is 23.1 Å². The number of benzene rings is 1. The van der Waals surface area contributed by atoms with Gasteiger partial charge in [-0.25, -0.2) is 4.39 Å². The summed E-state index contributed by atoms with van der Waals surface area (Å²) in [6.07, 6.45) is 0. The van der Waals surface area contributed by atoms with E-state index in [2.05, 4.69) is 5.32 Å². The zero-order chi connectivity index (χ0) is 14.4. The number of carbonyl (C=O) groups is 1. The largest absolute Gasteiger partial charge is 0.484 e. The van der Waals surface area contributed by atoms with E-state index in [-0.39, 0.29) is 28.8 Å². The molecule has 0 aliphatic carbocycles. The van der Waals surface area contributed by atoms with Crippen LogP contribution in [0.4, 0.5) is 4.39 Å². The maximum Gasteiger partial charge on any atom is 0.257 e. The van der Waals surface area contributed by atoms with Gasteiger partial charge in [0, 0.05) is 18.2 Å². The molecule has 0 aromatic heterocycles. The fourth-order valence-electron chi connectivity index (χ4n) is 1.30. The number of rotatable bonds is 6. The van der Waals surface area contributed by atoms with Crippen LogP contribution in [0.1, 0.15) is 19.4 Å². The Balaban J connectivity index is 2.52. The molecule has 0 saturated carbocycles. The summed E-state index contributed by atoms with van der Waals surface area (Å²) in [5.74, 6) is -0.177. The number of hydrogen-bond acceptors (Lipinski definition) is 3. The Bertz CT molecular complexity index is 478. The number of thiocarbonyl (C=S) groups is 1. The highest BCUT2D eigenvalue weighted by Crippen LogP contribution is 2.16. The highest BCUT2D eigenvalue weighted by atomic mass is 32.1. The van der Waals surface area contributed by atoms with Crippen LogP contribution in [0.3, 0.4) is 0 Å². The van der Waals surface area contributed by atoms with Crippen LogP contribution in [0.5, 0.6) is 5.75 Å². The molecule has 1 amide bonds. The van der Waals surface area contributed by atoms with Gasteiger partial charge in [-0.05, 0) is 18.1 Å². The zero-order valence-corrected chi connectivity index (χ0v) is 11.7. The third kappa shape index (κ3) is 5.21. The van der Waals surface area contributed by atoms with Crippen LogP contribution in [0, 0.1) is 11.7 Å². The van der Waals surface area contributed by atoms with Crippen molar-refractivity contribution in [1.29, 1.82) is 0 Å². The van der Waals surface area contributed by atoms with Crippen LogP contribution >= 0.6 is 12.2 Å². The van der Waals surface area contributed by atoms with Gasteiger partial charge in [0.25, 0.3) is 5.91 Å². The van der Waals surface area contributed by atoms with Gasteiger partial charge in [-0.2, -0.15) is 0 Å². The van der Waals surface area contributed by atoms with E-state index in [1.54, 1.807) is 0 Å². The first-order valence-corrected chi connectivity index (χ1v) is 6.30. The molecule has 4 nitrogen and oxygen atoms in total. The van der Waals surface area contributed by atoms with E-state index < -0.39 is 5.82 Å². The lowest BCUT2D eigenvalue weighted by Gasteiger charge is -2.10. The molecule has 6 heteroatoms. The second-order valence-corrected chi connectivity index (χ2v) is 4.93. The molecule has 19 heavy (non-hydrogen) atoms. The molecule has 0 aliphatic heterocycles. The van der Waals surface area contributed by atoms with Crippen molar-refractivity contribution in [2.45, 2.75) is 13.8 Å². The summed E-state index contributed by atoms with van der Waals surface area (Å²) in [4.78, 5) is 11.4. The summed E-state index contributed by atoms with van der Waals surface area (Å²) >= 11 is 4.69. The average molecular weight is 284 g/mol. The molecular weight excluding hydrogens is 267 g/mol. The van der Waals surface area contributed by atoms with Gasteiger partial charge in [-0.3, -0.25) is 4.79 Å². The highest BCUT2D eigenvalue weighted by molar-refractivity contribution is 7.80. The van der Waals surface area contributed by atoms with Gasteiger partial charge in [-0.15, -0.1) is 0 Å². The van der Waals surface area contributed by atoms with Crippen LogP contribution in [0.25, 0.3) is 0 Å². The Hall–Kier alpha value is -1.69. The van der Waals surface area contributed by atoms with Crippen molar-refractivity contribution < 1.29 is 13.9 Å². The molecule has 3 N–H and O–H groups in total. The summed E-state index contributed by atoms with van der Waals surface area (Å²) in [5, 5.41) is 2.70. The van der Waals surface area contributed by atoms with Crippen molar-refractivity contribution in [3.05, 3.63) is 29.6 Å². The minimum absolute atomic E-state index is 0.0151. The topological polar surface area (TPSA) is 64.3 Å². The Morgan fingerprint density at radius 2 is 2.21 bits per heavy atom. The van der Waals surface area contributed by atoms with Crippen LogP contribution in [-0.2, 0) is 4.79 Å². The number of nitrogens with one attached hydrogen (secondary N) is 1. The molecule has 0 saturated heterocycles. The predicted molar refractivity (Wildman–Crippen MR) is 75.6 cm³/mol. The molecule has 1 aromatic carbocycles. The van der Waals surface area contributed by atoms with Gasteiger partial charge in [-0.1, -0.05) is 26.1 Å². The smallest absolute Gasteiger partial charge is 0.257 e. The molecule has 0 unspecified atom stereocenters. The van der Waals surface area contributed by atoms with Crippen molar-refractivity contribution in [2.75, 3.05) is 13.2 Å². The Labute approximate surface area is 117 Å². The van der Waals surface area contributed by atoms with Gasteiger partial charge in [0.15, 0.2) is 6.61 Å². The molecule has 0 radical (unpaired) electrons. The van der Waals surface area contributed by atoms with Crippen molar-refractivity contribution in [3.63, 3.8) is 0 Å². The third-order valence-corrected chi connectivity index (χ3v) is 2.50. The quantitative estimate of drug-likeness (QED) is 0.779. The van der Waals surface area contributed by atoms with E-state index in [0.717, 1.165) is 6.07 Å². The molecule has 0 fully saturated rings. The molecule has 0 atom stereocenters. The minimum atomic E-state index is -0.562. The lowest BCUT2D eigenvalue weighted by molar-refractivity contribution is -0.123. The number of amides is 1. The maximum absolute atomic E-state index is 13.5. The lowest BCUT2D eigenvalue weighted by atomic mass is 10.2. The summed E-state index contributed by atoms with van der Waals surface area (Å²) in [6.45, 7) is 4.41. The Morgan fingerprint density at radius 3 is 2.74 bits per heavy atom. The number of ether oxygens (including phenoxy) is 1. The summed E-state index contributed by atoms with van der Waals surface area (Å²) in [6, 6.07) is 4.11. The van der Waals surface area contributed by atoms with Crippen molar-refractivity contribution in [2.24, 2.45) is 11.7 Å². The summed E-state index contributed by atoms with van der Waals surface area (Å²) in [7, 11) is 0. The Kier molecular flexibility index (Phi) is 5.69. The number of carbonyl (C=O) groups excluding carboxylic acids is 1. The minimum Gasteiger partial charge on any atom is -0.484 e. The summed E-state index contributed by atoms with van der Waals surface area (Å²) in [5.41, 5.74) is 5.50. The van der Waals surface area contributed by atoms with Gasteiger partial charge < -0.3 is 15.8 Å². The Morgan fingerprint density at radius 1 is 1.53 bits per heavy atom. The average Bonchev–Trinajstić information content (AvgIpc) is 2.33. The van der Waals surface area contributed by atoms with E-state index in [0.29, 0.717) is 12.5 Å². The highest BCUT2D eigenvalue weighted by Gasteiger charge is 2.08. The molecule has 1 aromatic rings. The fraction of sp³-hybridized carbons (Fsp3) is 0.385. The van der Waals surface area contributed by atoms with E-state index in [9.17, 15) is 9.18 Å². The molecule has 0 aliphatic rings. The van der Waals surface area contributed by atoms with E-state index >= 15 is 0 Å². The number of nitrogens with two attached hydrogens (primary N) is 1. The van der Waals surface area contributed by atoms with Gasteiger partial charge in [0.1, 0.15) is 16.6 Å². The van der Waals surface area contributed by atoms with E-state index in [1.807, 2.05) is 13.8 Å². The third-order valence-electron chi connectivity index (χ3n) is 2.28. The normalized spacial score (nSPS) is 10.3. The molecule has 0 heterocycles. The molecule has 0 bridgehead atoms. The maximum atomic E-state index is 13.5. The first kappa shape index (κ1) is 15.4. The van der Waals surface area contributed by atoms with Crippen molar-refractivity contribution in [3.8, 4) is 5.75 Å². The fourth-order valence-corrected chi connectivity index (χ4v) is 1.47. The van der Waals surface area contributed by atoms with Gasteiger partial charge in [0.05, 0.1) is 0 Å². The number of hydrogen-bond donors (Lipinski definition) is 2. The molecule has 1 rings (SSSR count). The number of halogens is 1.